The predicted octanol–water partition coefficient (Wildman–Crippen LogP) is 1.69. The molecule has 104 valence electrons. The van der Waals surface area contributed by atoms with E-state index < -0.39 is 0 Å². The Bertz CT molecular complexity index is 278. The van der Waals surface area contributed by atoms with Crippen LogP contribution in [-0.2, 0) is 14.2 Å². The molecule has 1 aliphatic carbocycles. The molecule has 0 bridgehead atoms. The van der Waals surface area contributed by atoms with Crippen molar-refractivity contribution in [3.63, 3.8) is 0 Å². The fraction of sp³-hybridized carbons (Fsp3) is 1.00. The molecule has 3 aliphatic rings. The molecule has 3 atom stereocenters. The minimum absolute atomic E-state index is 0.221. The van der Waals surface area contributed by atoms with Crippen molar-refractivity contribution in [1.29, 1.82) is 0 Å². The van der Waals surface area contributed by atoms with Crippen LogP contribution < -0.4 is 5.32 Å². The summed E-state index contributed by atoms with van der Waals surface area (Å²) in [5, 5.41) is 3.64. The fourth-order valence-electron chi connectivity index (χ4n) is 3.35. The van der Waals surface area contributed by atoms with E-state index in [4.69, 9.17) is 14.2 Å². The van der Waals surface area contributed by atoms with Crippen molar-refractivity contribution in [3.05, 3.63) is 0 Å². The number of hydrogen-bond acceptors (Lipinski definition) is 4. The molecular weight excluding hydrogens is 230 g/mol. The number of ether oxygens (including phenoxy) is 3. The third kappa shape index (κ3) is 2.87. The first-order chi connectivity index (χ1) is 8.76. The van der Waals surface area contributed by atoms with Gasteiger partial charge < -0.3 is 19.5 Å². The molecule has 3 fully saturated rings. The molecular formula is C14H25NO3. The van der Waals surface area contributed by atoms with E-state index in [0.29, 0.717) is 6.04 Å². The third-order valence-electron chi connectivity index (χ3n) is 4.50. The van der Waals surface area contributed by atoms with Crippen LogP contribution in [-0.4, -0.2) is 44.3 Å². The van der Waals surface area contributed by atoms with E-state index >= 15 is 0 Å². The van der Waals surface area contributed by atoms with Crippen LogP contribution in [0.2, 0.25) is 0 Å². The van der Waals surface area contributed by atoms with Gasteiger partial charge in [-0.2, -0.15) is 0 Å². The average Bonchev–Trinajstić information content (AvgIpc) is 2.96. The van der Waals surface area contributed by atoms with Crippen LogP contribution >= 0.6 is 0 Å². The van der Waals surface area contributed by atoms with E-state index in [2.05, 4.69) is 12.2 Å². The highest BCUT2D eigenvalue weighted by atomic mass is 16.7. The van der Waals surface area contributed by atoms with Gasteiger partial charge in [0.2, 0.25) is 0 Å². The Morgan fingerprint density at radius 2 is 2.06 bits per heavy atom. The Morgan fingerprint density at radius 1 is 1.22 bits per heavy atom. The second-order valence-electron chi connectivity index (χ2n) is 6.10. The second-order valence-corrected chi connectivity index (χ2v) is 6.10. The highest BCUT2D eigenvalue weighted by molar-refractivity contribution is 4.84. The Balaban J connectivity index is 1.42. The van der Waals surface area contributed by atoms with Crippen molar-refractivity contribution in [2.75, 3.05) is 26.4 Å². The van der Waals surface area contributed by atoms with Gasteiger partial charge in [0.25, 0.3) is 0 Å². The molecule has 2 saturated heterocycles. The van der Waals surface area contributed by atoms with Crippen LogP contribution in [0.3, 0.4) is 0 Å². The van der Waals surface area contributed by atoms with Crippen molar-refractivity contribution < 1.29 is 14.2 Å². The van der Waals surface area contributed by atoms with Gasteiger partial charge in [-0.3, -0.25) is 0 Å². The molecule has 1 spiro atoms. The lowest BCUT2D eigenvalue weighted by Crippen LogP contribution is -2.40. The van der Waals surface area contributed by atoms with Crippen LogP contribution in [0.25, 0.3) is 0 Å². The topological polar surface area (TPSA) is 39.7 Å². The van der Waals surface area contributed by atoms with E-state index in [1.54, 1.807) is 0 Å². The molecule has 0 radical (unpaired) electrons. The maximum atomic E-state index is 6.11. The van der Waals surface area contributed by atoms with Crippen molar-refractivity contribution in [1.82, 2.24) is 5.32 Å². The van der Waals surface area contributed by atoms with Crippen molar-refractivity contribution in [2.45, 2.75) is 57.0 Å². The highest BCUT2D eigenvalue weighted by Gasteiger charge is 2.42. The first kappa shape index (κ1) is 12.9. The van der Waals surface area contributed by atoms with Gasteiger partial charge in [0.1, 0.15) is 0 Å². The third-order valence-corrected chi connectivity index (χ3v) is 4.50. The zero-order valence-corrected chi connectivity index (χ0v) is 11.3. The maximum absolute atomic E-state index is 6.11. The molecule has 0 aromatic carbocycles. The van der Waals surface area contributed by atoms with Crippen molar-refractivity contribution >= 4 is 0 Å². The van der Waals surface area contributed by atoms with Gasteiger partial charge in [0, 0.05) is 25.4 Å². The number of rotatable bonds is 3. The fourth-order valence-corrected chi connectivity index (χ4v) is 3.35. The van der Waals surface area contributed by atoms with Gasteiger partial charge >= 0.3 is 0 Å². The maximum Gasteiger partial charge on any atom is 0.173 e. The Hall–Kier alpha value is -0.160. The summed E-state index contributed by atoms with van der Waals surface area (Å²) in [4.78, 5) is 0. The van der Waals surface area contributed by atoms with Crippen LogP contribution in [0.5, 0.6) is 0 Å². The normalized spacial score (nSPS) is 39.5. The van der Waals surface area contributed by atoms with E-state index in [0.717, 1.165) is 45.1 Å². The van der Waals surface area contributed by atoms with Crippen molar-refractivity contribution in [2.24, 2.45) is 5.92 Å². The summed E-state index contributed by atoms with van der Waals surface area (Å²) in [6, 6.07) is 0.690. The summed E-state index contributed by atoms with van der Waals surface area (Å²) < 4.78 is 17.4. The van der Waals surface area contributed by atoms with Crippen LogP contribution in [0, 0.1) is 5.92 Å². The van der Waals surface area contributed by atoms with Gasteiger partial charge in [0.05, 0.1) is 25.9 Å². The van der Waals surface area contributed by atoms with Crippen molar-refractivity contribution in [3.8, 4) is 0 Å². The Morgan fingerprint density at radius 3 is 2.78 bits per heavy atom. The van der Waals surface area contributed by atoms with Crippen LogP contribution in [0.4, 0.5) is 0 Å². The summed E-state index contributed by atoms with van der Waals surface area (Å²) in [5.74, 6) is 0.554. The largest absolute Gasteiger partial charge is 0.381 e. The predicted molar refractivity (Wildman–Crippen MR) is 68.4 cm³/mol. The number of nitrogens with one attached hydrogen (secondary N) is 1. The molecule has 0 aromatic heterocycles. The molecule has 0 amide bonds. The summed E-state index contributed by atoms with van der Waals surface area (Å²) >= 11 is 0. The van der Waals surface area contributed by atoms with E-state index in [-0.39, 0.29) is 11.9 Å². The Kier molecular flexibility index (Phi) is 3.89. The molecule has 1 N–H and O–H groups in total. The SMILES string of the molecule is C[C@@H]1CC[C@@H](NC[C@H]2COC3(CCOCC3)O2)C1. The molecule has 0 unspecified atom stereocenters. The standard InChI is InChI=1S/C14H25NO3/c1-11-2-3-12(8-11)15-9-13-10-17-14(18-13)4-6-16-7-5-14/h11-13,15H,2-10H2,1H3/t11-,12-,13+/m1/s1. The lowest BCUT2D eigenvalue weighted by atomic mass is 10.1. The lowest BCUT2D eigenvalue weighted by molar-refractivity contribution is -0.210. The van der Waals surface area contributed by atoms with E-state index in [1.807, 2.05) is 0 Å². The first-order valence-corrected chi connectivity index (χ1v) is 7.39. The van der Waals surface area contributed by atoms with Gasteiger partial charge in [-0.25, -0.2) is 0 Å². The second kappa shape index (κ2) is 5.45. The van der Waals surface area contributed by atoms with Crippen LogP contribution in [0.15, 0.2) is 0 Å². The van der Waals surface area contributed by atoms with Gasteiger partial charge in [0.15, 0.2) is 5.79 Å². The quantitative estimate of drug-likeness (QED) is 0.833. The van der Waals surface area contributed by atoms with Gasteiger partial charge in [-0.05, 0) is 25.2 Å². The van der Waals surface area contributed by atoms with E-state index in [9.17, 15) is 0 Å². The Labute approximate surface area is 109 Å². The summed E-state index contributed by atoms with van der Waals surface area (Å²) in [6.45, 7) is 5.53. The average molecular weight is 255 g/mol. The van der Waals surface area contributed by atoms with Crippen LogP contribution in [0.1, 0.15) is 39.0 Å². The molecule has 3 rings (SSSR count). The molecule has 2 aliphatic heterocycles. The van der Waals surface area contributed by atoms with Gasteiger partial charge in [-0.1, -0.05) is 6.92 Å². The molecule has 18 heavy (non-hydrogen) atoms. The summed E-state index contributed by atoms with van der Waals surface area (Å²) in [7, 11) is 0. The molecule has 1 saturated carbocycles. The smallest absolute Gasteiger partial charge is 0.173 e. The summed E-state index contributed by atoms with van der Waals surface area (Å²) in [5.41, 5.74) is 0. The zero-order valence-electron chi connectivity index (χ0n) is 11.3. The molecule has 4 nitrogen and oxygen atoms in total. The van der Waals surface area contributed by atoms with Gasteiger partial charge in [-0.15, -0.1) is 0 Å². The lowest BCUT2D eigenvalue weighted by Gasteiger charge is -2.31. The molecule has 2 heterocycles. The first-order valence-electron chi connectivity index (χ1n) is 7.39. The molecule has 0 aromatic rings. The van der Waals surface area contributed by atoms with E-state index in [1.165, 1.54) is 19.3 Å². The highest BCUT2D eigenvalue weighted by Crippen LogP contribution is 2.33. The monoisotopic (exact) mass is 255 g/mol. The number of hydrogen-bond donors (Lipinski definition) is 1. The minimum Gasteiger partial charge on any atom is -0.381 e. The molecule has 4 heteroatoms. The minimum atomic E-state index is -0.326. The zero-order chi connectivity index (χ0) is 12.4. The summed E-state index contributed by atoms with van der Waals surface area (Å²) in [6.07, 6.45) is 5.97.